The van der Waals surface area contributed by atoms with Gasteiger partial charge in [0.1, 0.15) is 11.2 Å². The third-order valence-electron chi connectivity index (χ3n) is 1.40. The van der Waals surface area contributed by atoms with Crippen molar-refractivity contribution in [2.45, 2.75) is 0 Å². The Kier molecular flexibility index (Phi) is 3.44. The molecule has 13 heavy (non-hydrogen) atoms. The molecule has 0 saturated carbocycles. The van der Waals surface area contributed by atoms with E-state index in [0.29, 0.717) is 5.56 Å². The van der Waals surface area contributed by atoms with E-state index in [1.165, 1.54) is 6.20 Å². The van der Waals surface area contributed by atoms with Crippen LogP contribution in [0.4, 0.5) is 0 Å². The van der Waals surface area contributed by atoms with E-state index in [-0.39, 0.29) is 11.8 Å². The number of aliphatic hydroxyl groups excluding tert-OH is 1. The van der Waals surface area contributed by atoms with Crippen molar-refractivity contribution in [1.82, 2.24) is 4.98 Å². The van der Waals surface area contributed by atoms with Gasteiger partial charge < -0.3 is 5.11 Å². The molecule has 0 aromatic carbocycles. The average Bonchev–Trinajstić information content (AvgIpc) is 2.16. The maximum atomic E-state index is 8.62. The van der Waals surface area contributed by atoms with E-state index in [4.69, 9.17) is 22.0 Å². The van der Waals surface area contributed by atoms with Crippen LogP contribution in [0.3, 0.4) is 0 Å². The van der Waals surface area contributed by atoms with Gasteiger partial charge in [0.2, 0.25) is 0 Å². The number of hydrogen-bond donors (Lipinski definition) is 1. The molecule has 1 N–H and O–H groups in total. The van der Waals surface area contributed by atoms with Gasteiger partial charge in [-0.3, -0.25) is 0 Å². The summed E-state index contributed by atoms with van der Waals surface area (Å²) >= 11 is 5.62. The SMILES string of the molecule is N#Cc1cc(C=CCO)cnc1Cl. The summed E-state index contributed by atoms with van der Waals surface area (Å²) in [6, 6.07) is 3.53. The predicted octanol–water partition coefficient (Wildman–Crippen LogP) is 1.61. The zero-order valence-electron chi connectivity index (χ0n) is 6.74. The van der Waals surface area contributed by atoms with Gasteiger partial charge >= 0.3 is 0 Å². The van der Waals surface area contributed by atoms with Gasteiger partial charge in [-0.25, -0.2) is 4.98 Å². The highest BCUT2D eigenvalue weighted by molar-refractivity contribution is 6.30. The van der Waals surface area contributed by atoms with Gasteiger partial charge in [-0.2, -0.15) is 5.26 Å². The fourth-order valence-electron chi connectivity index (χ4n) is 0.823. The van der Waals surface area contributed by atoms with Crippen molar-refractivity contribution in [3.05, 3.63) is 34.6 Å². The largest absolute Gasteiger partial charge is 0.392 e. The molecule has 3 nitrogen and oxygen atoms in total. The Morgan fingerprint density at radius 1 is 1.69 bits per heavy atom. The number of halogens is 1. The number of hydrogen-bond acceptors (Lipinski definition) is 3. The van der Waals surface area contributed by atoms with Crippen LogP contribution in [0.15, 0.2) is 18.3 Å². The highest BCUT2D eigenvalue weighted by Gasteiger charge is 1.99. The second kappa shape index (κ2) is 4.61. The van der Waals surface area contributed by atoms with Gasteiger partial charge in [0, 0.05) is 6.20 Å². The summed E-state index contributed by atoms with van der Waals surface area (Å²) in [5, 5.41) is 17.3. The lowest BCUT2D eigenvalue weighted by molar-refractivity contribution is 0.343. The first-order valence-corrected chi connectivity index (χ1v) is 3.98. The summed E-state index contributed by atoms with van der Waals surface area (Å²) < 4.78 is 0. The van der Waals surface area contributed by atoms with Gasteiger partial charge in [-0.15, -0.1) is 0 Å². The standard InChI is InChI=1S/C9H7ClN2O/c10-9-8(5-11)4-7(6-12-9)2-1-3-13/h1-2,4,6,13H,3H2. The lowest BCUT2D eigenvalue weighted by Crippen LogP contribution is -1.84. The molecule has 0 fully saturated rings. The minimum absolute atomic E-state index is 0.0372. The Hall–Kier alpha value is -1.37. The van der Waals surface area contributed by atoms with Crippen molar-refractivity contribution < 1.29 is 5.11 Å². The van der Waals surface area contributed by atoms with Crippen molar-refractivity contribution in [2.24, 2.45) is 0 Å². The highest BCUT2D eigenvalue weighted by atomic mass is 35.5. The lowest BCUT2D eigenvalue weighted by atomic mass is 10.2. The molecule has 0 atom stereocenters. The number of nitrogens with zero attached hydrogens (tertiary/aromatic N) is 2. The normalized spacial score (nSPS) is 10.2. The summed E-state index contributed by atoms with van der Waals surface area (Å²) in [5.41, 5.74) is 1.08. The van der Waals surface area contributed by atoms with Crippen LogP contribution >= 0.6 is 11.6 Å². The quantitative estimate of drug-likeness (QED) is 0.728. The Morgan fingerprint density at radius 3 is 3.08 bits per heavy atom. The van der Waals surface area contributed by atoms with Gasteiger partial charge in [-0.05, 0) is 11.6 Å². The summed E-state index contributed by atoms with van der Waals surface area (Å²) in [6.45, 7) is -0.0372. The van der Waals surface area contributed by atoms with Crippen LogP contribution in [0.2, 0.25) is 5.15 Å². The molecule has 0 aliphatic carbocycles. The van der Waals surface area contributed by atoms with Crippen LogP contribution in [-0.2, 0) is 0 Å². The van der Waals surface area contributed by atoms with Crippen LogP contribution in [0.1, 0.15) is 11.1 Å². The molecule has 4 heteroatoms. The van der Waals surface area contributed by atoms with Crippen molar-refractivity contribution in [1.29, 1.82) is 5.26 Å². The van der Waals surface area contributed by atoms with E-state index in [1.54, 1.807) is 18.2 Å². The molecule has 0 radical (unpaired) electrons. The first-order chi connectivity index (χ1) is 6.27. The van der Waals surface area contributed by atoms with E-state index < -0.39 is 0 Å². The van der Waals surface area contributed by atoms with Crippen LogP contribution in [0, 0.1) is 11.3 Å². The number of aromatic nitrogens is 1. The maximum Gasteiger partial charge on any atom is 0.146 e. The maximum absolute atomic E-state index is 8.62. The van der Waals surface area contributed by atoms with E-state index in [9.17, 15) is 0 Å². The highest BCUT2D eigenvalue weighted by Crippen LogP contribution is 2.13. The molecule has 0 bridgehead atoms. The molecule has 0 saturated heterocycles. The molecule has 1 heterocycles. The van der Waals surface area contributed by atoms with Crippen molar-refractivity contribution in [3.8, 4) is 6.07 Å². The minimum Gasteiger partial charge on any atom is -0.392 e. The Labute approximate surface area is 80.9 Å². The Bertz CT molecular complexity index is 368. The van der Waals surface area contributed by atoms with E-state index in [1.807, 2.05) is 6.07 Å². The fraction of sp³-hybridized carbons (Fsp3) is 0.111. The fourth-order valence-corrected chi connectivity index (χ4v) is 0.968. The second-order valence-electron chi connectivity index (χ2n) is 2.30. The topological polar surface area (TPSA) is 56.9 Å². The van der Waals surface area contributed by atoms with Crippen molar-refractivity contribution in [3.63, 3.8) is 0 Å². The zero-order valence-corrected chi connectivity index (χ0v) is 7.49. The van der Waals surface area contributed by atoms with Crippen LogP contribution < -0.4 is 0 Å². The van der Waals surface area contributed by atoms with Crippen molar-refractivity contribution in [2.75, 3.05) is 6.61 Å². The third-order valence-corrected chi connectivity index (χ3v) is 1.70. The summed E-state index contributed by atoms with van der Waals surface area (Å²) in [4.78, 5) is 3.81. The molecule has 0 amide bonds. The number of pyridine rings is 1. The first kappa shape index (κ1) is 9.72. The second-order valence-corrected chi connectivity index (χ2v) is 2.66. The van der Waals surface area contributed by atoms with E-state index in [0.717, 1.165) is 5.56 Å². The van der Waals surface area contributed by atoms with Gasteiger partial charge in [-0.1, -0.05) is 23.8 Å². The number of nitriles is 1. The van der Waals surface area contributed by atoms with Crippen LogP contribution in [0.25, 0.3) is 6.08 Å². The van der Waals surface area contributed by atoms with Gasteiger partial charge in [0.15, 0.2) is 0 Å². The third kappa shape index (κ3) is 2.55. The van der Waals surface area contributed by atoms with E-state index in [2.05, 4.69) is 4.98 Å². The van der Waals surface area contributed by atoms with Crippen LogP contribution in [0.5, 0.6) is 0 Å². The van der Waals surface area contributed by atoms with Gasteiger partial charge in [0.05, 0.1) is 12.2 Å². The Balaban J connectivity index is 3.01. The molecular formula is C9H7ClN2O. The van der Waals surface area contributed by atoms with Crippen molar-refractivity contribution >= 4 is 17.7 Å². The number of aliphatic hydroxyl groups is 1. The number of rotatable bonds is 2. The van der Waals surface area contributed by atoms with E-state index >= 15 is 0 Å². The van der Waals surface area contributed by atoms with Crippen LogP contribution in [-0.4, -0.2) is 16.7 Å². The van der Waals surface area contributed by atoms with Gasteiger partial charge in [0.25, 0.3) is 0 Å². The Morgan fingerprint density at radius 2 is 2.46 bits per heavy atom. The zero-order chi connectivity index (χ0) is 9.68. The molecule has 1 aromatic rings. The minimum atomic E-state index is -0.0372. The monoisotopic (exact) mass is 194 g/mol. The smallest absolute Gasteiger partial charge is 0.146 e. The molecule has 0 aliphatic rings. The molecule has 66 valence electrons. The lowest BCUT2D eigenvalue weighted by Gasteiger charge is -1.95. The summed E-state index contributed by atoms with van der Waals surface area (Å²) in [5.74, 6) is 0. The molecule has 1 rings (SSSR count). The summed E-state index contributed by atoms with van der Waals surface area (Å²) in [6.07, 6.45) is 4.77. The molecule has 1 aromatic heterocycles. The molecular weight excluding hydrogens is 188 g/mol. The predicted molar refractivity (Wildman–Crippen MR) is 50.1 cm³/mol. The molecule has 0 unspecified atom stereocenters. The molecule has 0 spiro atoms. The summed E-state index contributed by atoms with van der Waals surface area (Å²) in [7, 11) is 0. The average molecular weight is 195 g/mol. The molecule has 0 aliphatic heterocycles. The first-order valence-electron chi connectivity index (χ1n) is 3.61.